The topological polar surface area (TPSA) is 104 Å². The molecular weight excluding hydrogens is 487 g/mol. The van der Waals surface area contributed by atoms with E-state index >= 15 is 0 Å². The third kappa shape index (κ3) is 11.8. The molecule has 29 heavy (non-hydrogen) atoms. The number of halogens is 1. The van der Waals surface area contributed by atoms with E-state index in [0.717, 1.165) is 32.4 Å². The quantitative estimate of drug-likeness (QED) is 0.198. The van der Waals surface area contributed by atoms with Gasteiger partial charge in [-0.2, -0.15) is 0 Å². The van der Waals surface area contributed by atoms with Crippen LogP contribution in [0.25, 0.3) is 0 Å². The average Bonchev–Trinajstić information content (AvgIpc) is 3.05. The predicted octanol–water partition coefficient (Wildman–Crippen LogP) is 2.64. The maximum atomic E-state index is 12.1. The lowest BCUT2D eigenvalue weighted by Crippen LogP contribution is -2.48. The molecule has 0 spiro atoms. The van der Waals surface area contributed by atoms with E-state index in [0.29, 0.717) is 32.1 Å². The number of aliphatic imine (C=N–C) groups is 1. The Hall–Kier alpha value is -0.810. The minimum absolute atomic E-state index is 0. The number of aliphatic hydroxyl groups excluding tert-OH is 1. The molecule has 1 fully saturated rings. The Balaban J connectivity index is 0.00000784. The van der Waals surface area contributed by atoms with Crippen molar-refractivity contribution < 1.29 is 19.4 Å². The Bertz CT molecular complexity index is 491. The molecule has 0 bridgehead atoms. The molecule has 0 aromatic heterocycles. The largest absolute Gasteiger partial charge is 0.444 e. The van der Waals surface area contributed by atoms with Crippen molar-refractivity contribution in [2.75, 3.05) is 39.5 Å². The number of guanidine groups is 1. The molecule has 0 aromatic rings. The van der Waals surface area contributed by atoms with Crippen LogP contribution in [0.4, 0.5) is 4.79 Å². The van der Waals surface area contributed by atoms with Gasteiger partial charge in [0.2, 0.25) is 0 Å². The zero-order valence-corrected chi connectivity index (χ0v) is 21.0. The van der Waals surface area contributed by atoms with E-state index < -0.39 is 11.7 Å². The first-order valence-corrected chi connectivity index (χ1v) is 10.4. The molecule has 0 saturated carbocycles. The highest BCUT2D eigenvalue weighted by atomic mass is 127. The molecule has 172 valence electrons. The first kappa shape index (κ1) is 28.2. The van der Waals surface area contributed by atoms with Gasteiger partial charge in [-0.05, 0) is 47.0 Å². The Morgan fingerprint density at radius 1 is 1.31 bits per heavy atom. The number of ether oxygens (including phenoxy) is 2. The number of aliphatic hydroxyl groups is 1. The zero-order chi connectivity index (χ0) is 21.0. The van der Waals surface area contributed by atoms with Crippen molar-refractivity contribution in [3.63, 3.8) is 0 Å². The van der Waals surface area contributed by atoms with Gasteiger partial charge in [0, 0.05) is 37.8 Å². The van der Waals surface area contributed by atoms with E-state index in [9.17, 15) is 9.90 Å². The lowest BCUT2D eigenvalue weighted by atomic mass is 9.84. The molecule has 0 aliphatic carbocycles. The van der Waals surface area contributed by atoms with Crippen LogP contribution in [-0.4, -0.2) is 68.3 Å². The van der Waals surface area contributed by atoms with Crippen molar-refractivity contribution in [2.45, 2.75) is 71.9 Å². The highest BCUT2D eigenvalue weighted by Crippen LogP contribution is 2.32. The van der Waals surface area contributed by atoms with Gasteiger partial charge in [0.1, 0.15) is 5.60 Å². The standard InChI is InChI=1S/C20H40N4O4.HI/c1-6-8-16(24-18(26)28-19(3,4)5)13-22-17(21-7-2)23-14-20(9-11-25)10-12-27-15-20;/h16,25H,6-15H2,1-5H3,(H,24,26)(H2,21,22,23);1H. The van der Waals surface area contributed by atoms with Gasteiger partial charge in [-0.25, -0.2) is 4.79 Å². The molecule has 1 aliphatic rings. The van der Waals surface area contributed by atoms with E-state index in [1.165, 1.54) is 0 Å². The van der Waals surface area contributed by atoms with Crippen molar-refractivity contribution in [1.82, 2.24) is 16.0 Å². The van der Waals surface area contributed by atoms with E-state index in [1.807, 2.05) is 27.7 Å². The molecule has 2 unspecified atom stereocenters. The van der Waals surface area contributed by atoms with Crippen LogP contribution in [0.1, 0.15) is 60.3 Å². The van der Waals surface area contributed by atoms with Crippen molar-refractivity contribution in [1.29, 1.82) is 0 Å². The third-order valence-corrected chi connectivity index (χ3v) is 4.62. The number of amides is 1. The van der Waals surface area contributed by atoms with Gasteiger partial charge in [0.05, 0.1) is 13.2 Å². The minimum Gasteiger partial charge on any atom is -0.444 e. The van der Waals surface area contributed by atoms with Crippen molar-refractivity contribution >= 4 is 36.0 Å². The summed E-state index contributed by atoms with van der Waals surface area (Å²) < 4.78 is 10.9. The summed E-state index contributed by atoms with van der Waals surface area (Å²) in [4.78, 5) is 16.8. The molecule has 1 saturated heterocycles. The monoisotopic (exact) mass is 528 g/mol. The first-order chi connectivity index (χ1) is 13.2. The van der Waals surface area contributed by atoms with E-state index in [1.54, 1.807) is 0 Å². The summed E-state index contributed by atoms with van der Waals surface area (Å²) in [5.41, 5.74) is -0.607. The normalized spacial score (nSPS) is 20.6. The molecule has 0 radical (unpaired) electrons. The lowest BCUT2D eigenvalue weighted by molar-refractivity contribution is 0.0502. The van der Waals surface area contributed by atoms with Gasteiger partial charge in [-0.3, -0.25) is 4.99 Å². The molecule has 1 aliphatic heterocycles. The van der Waals surface area contributed by atoms with Crippen LogP contribution < -0.4 is 16.0 Å². The fourth-order valence-electron chi connectivity index (χ4n) is 3.14. The number of carbonyl (C=O) groups is 1. The molecule has 9 heteroatoms. The van der Waals surface area contributed by atoms with E-state index in [2.05, 4.69) is 22.9 Å². The highest BCUT2D eigenvalue weighted by molar-refractivity contribution is 14.0. The number of alkyl carbamates (subject to hydrolysis) is 1. The van der Waals surface area contributed by atoms with Crippen LogP contribution in [0.5, 0.6) is 0 Å². The van der Waals surface area contributed by atoms with Crippen LogP contribution in [0, 0.1) is 5.41 Å². The number of nitrogens with zero attached hydrogens (tertiary/aromatic N) is 1. The summed E-state index contributed by atoms with van der Waals surface area (Å²) >= 11 is 0. The van der Waals surface area contributed by atoms with Crippen LogP contribution in [0.3, 0.4) is 0 Å². The molecule has 1 heterocycles. The summed E-state index contributed by atoms with van der Waals surface area (Å²) in [7, 11) is 0. The van der Waals surface area contributed by atoms with Gasteiger partial charge in [-0.15, -0.1) is 24.0 Å². The van der Waals surface area contributed by atoms with Gasteiger partial charge in [-0.1, -0.05) is 13.3 Å². The van der Waals surface area contributed by atoms with E-state index in [-0.39, 0.29) is 42.0 Å². The molecule has 2 atom stereocenters. The second-order valence-electron chi connectivity index (χ2n) is 8.48. The first-order valence-electron chi connectivity index (χ1n) is 10.4. The van der Waals surface area contributed by atoms with Gasteiger partial charge < -0.3 is 30.5 Å². The SMILES string of the molecule is CCCC(CNC(=NCC1(CCO)CCOC1)NCC)NC(=O)OC(C)(C)C.I. The smallest absolute Gasteiger partial charge is 0.407 e. The molecule has 8 nitrogen and oxygen atoms in total. The molecule has 4 N–H and O–H groups in total. The van der Waals surface area contributed by atoms with Gasteiger partial charge in [0.25, 0.3) is 0 Å². The maximum absolute atomic E-state index is 12.1. The highest BCUT2D eigenvalue weighted by Gasteiger charge is 2.34. The summed E-state index contributed by atoms with van der Waals surface area (Å²) in [6, 6.07) is -0.0510. The van der Waals surface area contributed by atoms with Crippen LogP contribution >= 0.6 is 24.0 Å². The Labute approximate surface area is 193 Å². The molecular formula is C20H41IN4O4. The minimum atomic E-state index is -0.519. The van der Waals surface area contributed by atoms with Crippen LogP contribution in [-0.2, 0) is 9.47 Å². The van der Waals surface area contributed by atoms with Crippen molar-refractivity contribution in [3.8, 4) is 0 Å². The van der Waals surface area contributed by atoms with Crippen molar-refractivity contribution in [3.05, 3.63) is 0 Å². The summed E-state index contributed by atoms with van der Waals surface area (Å²) in [6.07, 6.45) is 2.99. The van der Waals surface area contributed by atoms with Crippen molar-refractivity contribution in [2.24, 2.45) is 10.4 Å². The number of rotatable bonds is 10. The van der Waals surface area contributed by atoms with E-state index in [4.69, 9.17) is 14.5 Å². The Morgan fingerprint density at radius 2 is 2.03 bits per heavy atom. The van der Waals surface area contributed by atoms with Gasteiger partial charge >= 0.3 is 6.09 Å². The van der Waals surface area contributed by atoms with Gasteiger partial charge in [0.15, 0.2) is 5.96 Å². The van der Waals surface area contributed by atoms with Crippen LogP contribution in [0.2, 0.25) is 0 Å². The Morgan fingerprint density at radius 3 is 2.55 bits per heavy atom. The second-order valence-corrected chi connectivity index (χ2v) is 8.48. The molecule has 0 aromatic carbocycles. The second kappa shape index (κ2) is 14.2. The molecule has 1 rings (SSSR count). The number of hydrogen-bond acceptors (Lipinski definition) is 5. The zero-order valence-electron chi connectivity index (χ0n) is 18.7. The predicted molar refractivity (Wildman–Crippen MR) is 127 cm³/mol. The summed E-state index contributed by atoms with van der Waals surface area (Å²) in [5, 5.41) is 18.9. The fourth-order valence-corrected chi connectivity index (χ4v) is 3.14. The number of carbonyl (C=O) groups excluding carboxylic acids is 1. The number of hydrogen-bond donors (Lipinski definition) is 4. The summed E-state index contributed by atoms with van der Waals surface area (Å²) in [5.74, 6) is 0.707. The summed E-state index contributed by atoms with van der Waals surface area (Å²) in [6.45, 7) is 13.0. The maximum Gasteiger partial charge on any atom is 0.407 e. The number of nitrogens with one attached hydrogen (secondary N) is 3. The Kier molecular flexibility index (Phi) is 13.8. The fraction of sp³-hybridized carbons (Fsp3) is 0.900. The lowest BCUT2D eigenvalue weighted by Gasteiger charge is -2.26. The van der Waals surface area contributed by atoms with Crippen LogP contribution in [0.15, 0.2) is 4.99 Å². The average molecular weight is 528 g/mol. The molecule has 1 amide bonds. The third-order valence-electron chi connectivity index (χ3n) is 4.62.